The Bertz CT molecular complexity index is 483. The molecule has 2 aromatic carbocycles. The number of hydrogen-bond acceptors (Lipinski definition) is 3. The molecule has 0 saturated heterocycles. The molecular weight excluding hydrogens is 212 g/mol. The molecule has 4 N–H and O–H groups in total. The van der Waals surface area contributed by atoms with Crippen LogP contribution < -0.4 is 11.1 Å². The molecule has 0 aromatic heterocycles. The first-order valence-corrected chi connectivity index (χ1v) is 5.62. The number of nitrogens with two attached hydrogens (primary N) is 1. The van der Waals surface area contributed by atoms with Crippen molar-refractivity contribution in [3.05, 3.63) is 54.1 Å². The fraction of sp³-hybridized carbons (Fsp3) is 0.143. The molecule has 0 aliphatic rings. The van der Waals surface area contributed by atoms with E-state index in [1.165, 1.54) is 0 Å². The normalized spacial score (nSPS) is 10.1. The van der Waals surface area contributed by atoms with Crippen LogP contribution in [0.1, 0.15) is 5.56 Å². The quantitative estimate of drug-likeness (QED) is 0.557. The molecule has 0 bridgehead atoms. The number of anilines is 2. The van der Waals surface area contributed by atoms with Gasteiger partial charge in [-0.2, -0.15) is 0 Å². The summed E-state index contributed by atoms with van der Waals surface area (Å²) in [4.78, 5) is 0. The molecule has 3 nitrogen and oxygen atoms in total. The fourth-order valence-corrected chi connectivity index (χ4v) is 1.71. The van der Waals surface area contributed by atoms with Crippen molar-refractivity contribution in [1.82, 2.24) is 0 Å². The van der Waals surface area contributed by atoms with E-state index in [9.17, 15) is 5.11 Å². The summed E-state index contributed by atoms with van der Waals surface area (Å²) < 4.78 is 0. The molecule has 0 atom stereocenters. The summed E-state index contributed by atoms with van der Waals surface area (Å²) in [5.74, 6) is 0.258. The van der Waals surface area contributed by atoms with Gasteiger partial charge in [0, 0.05) is 17.9 Å². The lowest BCUT2D eigenvalue weighted by molar-refractivity contribution is 0.474. The van der Waals surface area contributed by atoms with Crippen LogP contribution in [0, 0.1) is 0 Å². The Morgan fingerprint density at radius 1 is 1.06 bits per heavy atom. The summed E-state index contributed by atoms with van der Waals surface area (Å²) in [5.41, 5.74) is 8.61. The van der Waals surface area contributed by atoms with E-state index in [0.717, 1.165) is 29.9 Å². The Morgan fingerprint density at radius 2 is 1.82 bits per heavy atom. The molecule has 17 heavy (non-hydrogen) atoms. The highest BCUT2D eigenvalue weighted by molar-refractivity contribution is 5.51. The first-order chi connectivity index (χ1) is 8.25. The number of nitrogens with one attached hydrogen (secondary N) is 1. The summed E-state index contributed by atoms with van der Waals surface area (Å²) >= 11 is 0. The molecule has 0 aliphatic heterocycles. The number of nitrogen functional groups attached to an aromatic ring is 1. The molecule has 0 aliphatic carbocycles. The Morgan fingerprint density at radius 3 is 2.59 bits per heavy atom. The van der Waals surface area contributed by atoms with Crippen LogP contribution >= 0.6 is 0 Å². The molecule has 2 aromatic rings. The average Bonchev–Trinajstić information content (AvgIpc) is 2.35. The lowest BCUT2D eigenvalue weighted by atomic mass is 10.1. The second kappa shape index (κ2) is 5.25. The van der Waals surface area contributed by atoms with Crippen molar-refractivity contribution in [3.63, 3.8) is 0 Å². The second-order valence-corrected chi connectivity index (χ2v) is 3.93. The monoisotopic (exact) mass is 228 g/mol. The molecule has 0 amide bonds. The highest BCUT2D eigenvalue weighted by atomic mass is 16.3. The van der Waals surface area contributed by atoms with Crippen molar-refractivity contribution in [3.8, 4) is 5.75 Å². The maximum atomic E-state index is 9.38. The lowest BCUT2D eigenvalue weighted by Crippen LogP contribution is -2.06. The van der Waals surface area contributed by atoms with E-state index < -0.39 is 0 Å². The van der Waals surface area contributed by atoms with Crippen LogP contribution in [0.5, 0.6) is 5.75 Å². The van der Waals surface area contributed by atoms with E-state index in [1.807, 2.05) is 30.3 Å². The van der Waals surface area contributed by atoms with Crippen LogP contribution in [0.25, 0.3) is 0 Å². The van der Waals surface area contributed by atoms with Crippen molar-refractivity contribution in [2.24, 2.45) is 0 Å². The minimum Gasteiger partial charge on any atom is -0.508 e. The third-order valence-corrected chi connectivity index (χ3v) is 2.62. The third kappa shape index (κ3) is 3.14. The summed E-state index contributed by atoms with van der Waals surface area (Å²) in [6.07, 6.45) is 0.787. The fourth-order valence-electron chi connectivity index (χ4n) is 1.71. The second-order valence-electron chi connectivity index (χ2n) is 3.93. The number of para-hydroxylation sites is 1. The van der Waals surface area contributed by atoms with Crippen molar-refractivity contribution >= 4 is 11.4 Å². The Kier molecular flexibility index (Phi) is 3.50. The number of rotatable bonds is 4. The van der Waals surface area contributed by atoms with E-state index >= 15 is 0 Å². The van der Waals surface area contributed by atoms with Gasteiger partial charge in [0.2, 0.25) is 0 Å². The van der Waals surface area contributed by atoms with E-state index in [2.05, 4.69) is 5.32 Å². The summed E-state index contributed by atoms with van der Waals surface area (Å²) in [5, 5.41) is 12.7. The van der Waals surface area contributed by atoms with Crippen LogP contribution in [-0.4, -0.2) is 11.7 Å². The van der Waals surface area contributed by atoms with Gasteiger partial charge in [0.25, 0.3) is 0 Å². The number of aromatic hydroxyl groups is 1. The largest absolute Gasteiger partial charge is 0.508 e. The van der Waals surface area contributed by atoms with Gasteiger partial charge >= 0.3 is 0 Å². The van der Waals surface area contributed by atoms with Gasteiger partial charge in [-0.3, -0.25) is 0 Å². The molecule has 0 fully saturated rings. The Labute approximate surface area is 101 Å². The predicted octanol–water partition coefficient (Wildman–Crippen LogP) is 2.63. The number of benzene rings is 2. The van der Waals surface area contributed by atoms with E-state index in [4.69, 9.17) is 5.73 Å². The van der Waals surface area contributed by atoms with Gasteiger partial charge in [0.1, 0.15) is 5.75 Å². The van der Waals surface area contributed by atoms with Crippen LogP contribution in [0.3, 0.4) is 0 Å². The van der Waals surface area contributed by atoms with Gasteiger partial charge in [-0.25, -0.2) is 0 Å². The molecule has 88 valence electrons. The number of hydrogen-bond donors (Lipinski definition) is 3. The van der Waals surface area contributed by atoms with Crippen LogP contribution in [-0.2, 0) is 6.42 Å². The summed E-state index contributed by atoms with van der Waals surface area (Å²) in [6, 6.07) is 15.0. The van der Waals surface area contributed by atoms with Crippen LogP contribution in [0.2, 0.25) is 0 Å². The van der Waals surface area contributed by atoms with Gasteiger partial charge in [-0.15, -0.1) is 0 Å². The summed E-state index contributed by atoms with van der Waals surface area (Å²) in [6.45, 7) is 0.789. The van der Waals surface area contributed by atoms with Gasteiger partial charge in [0.05, 0.1) is 0 Å². The topological polar surface area (TPSA) is 58.3 Å². The minimum atomic E-state index is 0.258. The Hall–Kier alpha value is -2.16. The Balaban J connectivity index is 1.92. The molecule has 0 saturated carbocycles. The minimum absolute atomic E-state index is 0.258. The molecule has 0 unspecified atom stereocenters. The number of phenols is 1. The average molecular weight is 228 g/mol. The van der Waals surface area contributed by atoms with Gasteiger partial charge in [0.15, 0.2) is 0 Å². The van der Waals surface area contributed by atoms with Crippen molar-refractivity contribution in [1.29, 1.82) is 0 Å². The van der Waals surface area contributed by atoms with Gasteiger partial charge < -0.3 is 16.2 Å². The van der Waals surface area contributed by atoms with Crippen molar-refractivity contribution < 1.29 is 5.11 Å². The standard InChI is InChI=1S/C14H16N2O/c15-14-7-6-13(17)10-11(14)8-9-16-12-4-2-1-3-5-12/h1-7,10,16-17H,8-9,15H2. The van der Waals surface area contributed by atoms with Crippen molar-refractivity contribution in [2.75, 3.05) is 17.6 Å². The van der Waals surface area contributed by atoms with Crippen LogP contribution in [0.4, 0.5) is 11.4 Å². The highest BCUT2D eigenvalue weighted by Crippen LogP contribution is 2.19. The molecule has 2 rings (SSSR count). The molecule has 0 radical (unpaired) electrons. The zero-order valence-corrected chi connectivity index (χ0v) is 9.56. The summed E-state index contributed by atoms with van der Waals surface area (Å²) in [7, 11) is 0. The maximum Gasteiger partial charge on any atom is 0.116 e. The molecular formula is C14H16N2O. The SMILES string of the molecule is Nc1ccc(O)cc1CCNc1ccccc1. The maximum absolute atomic E-state index is 9.38. The highest BCUT2D eigenvalue weighted by Gasteiger charge is 2.00. The first-order valence-electron chi connectivity index (χ1n) is 5.62. The lowest BCUT2D eigenvalue weighted by Gasteiger charge is -2.08. The molecule has 0 spiro atoms. The predicted molar refractivity (Wildman–Crippen MR) is 71.2 cm³/mol. The molecule has 0 heterocycles. The smallest absolute Gasteiger partial charge is 0.116 e. The first kappa shape index (κ1) is 11.3. The van der Waals surface area contributed by atoms with Gasteiger partial charge in [-0.1, -0.05) is 18.2 Å². The van der Waals surface area contributed by atoms with E-state index in [1.54, 1.807) is 18.2 Å². The zero-order valence-electron chi connectivity index (χ0n) is 9.56. The van der Waals surface area contributed by atoms with E-state index in [-0.39, 0.29) is 5.75 Å². The number of phenolic OH excluding ortho intramolecular Hbond substituents is 1. The molecule has 3 heteroatoms. The zero-order chi connectivity index (χ0) is 12.1. The van der Waals surface area contributed by atoms with Crippen molar-refractivity contribution in [2.45, 2.75) is 6.42 Å². The van der Waals surface area contributed by atoms with Crippen LogP contribution in [0.15, 0.2) is 48.5 Å². The van der Waals surface area contributed by atoms with E-state index in [0.29, 0.717) is 0 Å². The van der Waals surface area contributed by atoms with Gasteiger partial charge in [-0.05, 0) is 42.3 Å². The third-order valence-electron chi connectivity index (χ3n) is 2.62.